The van der Waals surface area contributed by atoms with Gasteiger partial charge in [-0.2, -0.15) is 0 Å². The van der Waals surface area contributed by atoms with E-state index in [1.165, 1.54) is 55.7 Å². The van der Waals surface area contributed by atoms with E-state index in [1.54, 1.807) is 11.1 Å². The van der Waals surface area contributed by atoms with E-state index in [0.717, 1.165) is 24.2 Å². The topological polar surface area (TPSA) is 23.5 Å². The first-order valence-electron chi connectivity index (χ1n) is 12.9. The van der Waals surface area contributed by atoms with Crippen LogP contribution in [0.1, 0.15) is 63.4 Å². The molecule has 2 nitrogen and oxygen atoms in total. The lowest BCUT2D eigenvalue weighted by molar-refractivity contribution is -0.0558. The Hall–Kier alpha value is -0.580. The molecule has 0 aromatic heterocycles. The van der Waals surface area contributed by atoms with Gasteiger partial charge in [0.2, 0.25) is 0 Å². The number of aliphatic hydroxyl groups is 1. The molecule has 0 amide bonds. The van der Waals surface area contributed by atoms with Crippen molar-refractivity contribution in [3.63, 3.8) is 0 Å². The van der Waals surface area contributed by atoms with Gasteiger partial charge >= 0.3 is 0 Å². The Bertz CT molecular complexity index is 889. The minimum absolute atomic E-state index is 0.0688. The molecule has 6 rings (SSSR count). The molecule has 1 aliphatic heterocycles. The third-order valence-electron chi connectivity index (χ3n) is 10.1. The molecule has 5 aliphatic rings. The zero-order valence-corrected chi connectivity index (χ0v) is 21.6. The summed E-state index contributed by atoms with van der Waals surface area (Å²) in [6.45, 7) is 2.41. The molecule has 0 radical (unpaired) electrons. The maximum atomic E-state index is 10.8. The number of nitrogens with zero attached hydrogens (tertiary/aromatic N) is 1. The molecular formula is C28H39NOS2. The molecule has 4 heteroatoms. The molecule has 32 heavy (non-hydrogen) atoms. The summed E-state index contributed by atoms with van der Waals surface area (Å²) in [6.07, 6.45) is 11.5. The average Bonchev–Trinajstić information content (AvgIpc) is 3.36. The Morgan fingerprint density at radius 3 is 2.44 bits per heavy atom. The molecule has 1 aromatic rings. The van der Waals surface area contributed by atoms with Gasteiger partial charge in [0.05, 0.1) is 10.2 Å². The van der Waals surface area contributed by atoms with Gasteiger partial charge in [0.25, 0.3) is 0 Å². The predicted molar refractivity (Wildman–Crippen MR) is 140 cm³/mol. The fourth-order valence-corrected chi connectivity index (χ4v) is 11.7. The summed E-state index contributed by atoms with van der Waals surface area (Å²) in [5.41, 5.74) is 4.84. The van der Waals surface area contributed by atoms with E-state index >= 15 is 0 Å². The van der Waals surface area contributed by atoms with Crippen molar-refractivity contribution in [1.29, 1.82) is 0 Å². The van der Waals surface area contributed by atoms with Gasteiger partial charge in [0, 0.05) is 31.3 Å². The standard InChI is InChI=1S/C28H39NOS2/c1-27-13-12-22-21(24(27)10-11-25(27)30)9-6-19-16-28(31-14-15-32-28)17-23(26(19)22)18-4-7-20(8-5-18)29(2)3/h4-5,7-8,16,21-26,30H,6,9-15,17H2,1-3H3. The van der Waals surface area contributed by atoms with Gasteiger partial charge in [0.15, 0.2) is 0 Å². The second-order valence-corrected chi connectivity index (χ2v) is 14.8. The van der Waals surface area contributed by atoms with Gasteiger partial charge in [-0.15, -0.1) is 23.5 Å². The first kappa shape index (κ1) is 21.9. The van der Waals surface area contributed by atoms with Crippen LogP contribution in [0.3, 0.4) is 0 Å². The molecule has 1 aromatic carbocycles. The highest BCUT2D eigenvalue weighted by Gasteiger charge is 2.58. The second kappa shape index (κ2) is 7.99. The molecule has 1 heterocycles. The molecule has 3 saturated carbocycles. The quantitative estimate of drug-likeness (QED) is 0.496. The molecule has 1 saturated heterocycles. The number of fused-ring (bicyclic) bond motifs is 5. The molecule has 7 atom stereocenters. The maximum Gasteiger partial charge on any atom is 0.0800 e. The van der Waals surface area contributed by atoms with Crippen molar-refractivity contribution >= 4 is 29.2 Å². The normalized spacial score (nSPS) is 42.2. The maximum absolute atomic E-state index is 10.8. The van der Waals surface area contributed by atoms with Crippen molar-refractivity contribution in [2.24, 2.45) is 29.1 Å². The largest absolute Gasteiger partial charge is 0.393 e. The predicted octanol–water partition coefficient (Wildman–Crippen LogP) is 6.56. The lowest BCUT2D eigenvalue weighted by Crippen LogP contribution is -2.49. The van der Waals surface area contributed by atoms with Crippen LogP contribution >= 0.6 is 23.5 Å². The van der Waals surface area contributed by atoms with Crippen LogP contribution < -0.4 is 4.90 Å². The van der Waals surface area contributed by atoms with Crippen LogP contribution in [-0.4, -0.2) is 40.9 Å². The number of benzene rings is 1. The highest BCUT2D eigenvalue weighted by Crippen LogP contribution is 2.66. The fourth-order valence-electron chi connectivity index (χ4n) is 8.44. The molecular weight excluding hydrogens is 430 g/mol. The van der Waals surface area contributed by atoms with Crippen LogP contribution in [-0.2, 0) is 0 Å². The van der Waals surface area contributed by atoms with E-state index in [9.17, 15) is 5.11 Å². The van der Waals surface area contributed by atoms with E-state index in [2.05, 4.69) is 79.8 Å². The highest BCUT2D eigenvalue weighted by molar-refractivity contribution is 8.21. The van der Waals surface area contributed by atoms with Crippen molar-refractivity contribution in [3.05, 3.63) is 41.5 Å². The number of hydrogen-bond acceptors (Lipinski definition) is 4. The molecule has 1 spiro atoms. The summed E-state index contributed by atoms with van der Waals surface area (Å²) in [6, 6.07) is 9.55. The Morgan fingerprint density at radius 1 is 0.969 bits per heavy atom. The van der Waals surface area contributed by atoms with Gasteiger partial charge < -0.3 is 10.0 Å². The number of allylic oxidation sites excluding steroid dienone is 1. The molecule has 0 bridgehead atoms. The molecule has 1 N–H and O–H groups in total. The van der Waals surface area contributed by atoms with Crippen LogP contribution in [0, 0.1) is 29.1 Å². The molecule has 7 unspecified atom stereocenters. The van der Waals surface area contributed by atoms with Crippen molar-refractivity contribution in [2.45, 2.75) is 68.0 Å². The number of hydrogen-bond donors (Lipinski definition) is 1. The summed E-state index contributed by atoms with van der Waals surface area (Å²) < 4.78 is 0.316. The van der Waals surface area contributed by atoms with Crippen molar-refractivity contribution in [2.75, 3.05) is 30.5 Å². The number of aliphatic hydroxyl groups excluding tert-OH is 1. The van der Waals surface area contributed by atoms with Crippen LogP contribution in [0.4, 0.5) is 5.69 Å². The van der Waals surface area contributed by atoms with Crippen LogP contribution in [0.5, 0.6) is 0 Å². The minimum Gasteiger partial charge on any atom is -0.393 e. The highest BCUT2D eigenvalue weighted by atomic mass is 32.2. The van der Waals surface area contributed by atoms with Crippen molar-refractivity contribution in [3.8, 4) is 0 Å². The molecule has 174 valence electrons. The lowest BCUT2D eigenvalue weighted by Gasteiger charge is -2.56. The van der Waals surface area contributed by atoms with Crippen LogP contribution in [0.25, 0.3) is 0 Å². The zero-order chi connectivity index (χ0) is 22.1. The molecule has 4 aliphatic carbocycles. The number of anilines is 1. The van der Waals surface area contributed by atoms with Gasteiger partial charge in [-0.3, -0.25) is 0 Å². The summed E-state index contributed by atoms with van der Waals surface area (Å²) in [5.74, 6) is 6.33. The van der Waals surface area contributed by atoms with E-state index in [4.69, 9.17) is 0 Å². The third-order valence-corrected chi connectivity index (χ3v) is 13.4. The number of rotatable bonds is 2. The summed E-state index contributed by atoms with van der Waals surface area (Å²) >= 11 is 4.44. The Kier molecular flexibility index (Phi) is 5.47. The lowest BCUT2D eigenvalue weighted by atomic mass is 9.50. The average molecular weight is 470 g/mol. The smallest absolute Gasteiger partial charge is 0.0800 e. The minimum atomic E-state index is -0.0688. The van der Waals surface area contributed by atoms with Gasteiger partial charge in [-0.05, 0) is 97.6 Å². The Balaban J connectivity index is 1.38. The summed E-state index contributed by atoms with van der Waals surface area (Å²) in [5, 5.41) is 10.8. The summed E-state index contributed by atoms with van der Waals surface area (Å²) in [7, 11) is 4.27. The monoisotopic (exact) mass is 469 g/mol. The Morgan fingerprint density at radius 2 is 1.72 bits per heavy atom. The summed E-state index contributed by atoms with van der Waals surface area (Å²) in [4.78, 5) is 2.21. The molecule has 4 fully saturated rings. The third kappa shape index (κ3) is 3.33. The van der Waals surface area contributed by atoms with Crippen molar-refractivity contribution in [1.82, 2.24) is 0 Å². The van der Waals surface area contributed by atoms with Gasteiger partial charge in [-0.25, -0.2) is 0 Å². The first-order valence-corrected chi connectivity index (χ1v) is 14.8. The van der Waals surface area contributed by atoms with Gasteiger partial charge in [-0.1, -0.05) is 30.7 Å². The SMILES string of the molecule is CN(C)c1ccc(C2CC3(C=C4CCC5C(CCC6(C)C(O)CCC56)C42)SCCS3)cc1. The van der Waals surface area contributed by atoms with E-state index in [1.807, 2.05) is 0 Å². The van der Waals surface area contributed by atoms with Gasteiger partial charge in [0.1, 0.15) is 0 Å². The van der Waals surface area contributed by atoms with E-state index in [-0.39, 0.29) is 11.5 Å². The second-order valence-electron chi connectivity index (χ2n) is 11.7. The number of thioether (sulfide) groups is 2. The van der Waals surface area contributed by atoms with E-state index < -0.39 is 0 Å². The van der Waals surface area contributed by atoms with Crippen LogP contribution in [0.15, 0.2) is 35.9 Å². The van der Waals surface area contributed by atoms with Crippen LogP contribution in [0.2, 0.25) is 0 Å². The first-order chi connectivity index (χ1) is 15.4. The zero-order valence-electron chi connectivity index (χ0n) is 19.9. The van der Waals surface area contributed by atoms with Crippen molar-refractivity contribution < 1.29 is 5.11 Å². The Labute approximate surface area is 203 Å². The fraction of sp³-hybridized carbons (Fsp3) is 0.714. The van der Waals surface area contributed by atoms with E-state index in [0.29, 0.717) is 15.9 Å².